The molecule has 1 aliphatic carbocycles. The molecule has 0 spiro atoms. The van der Waals surface area contributed by atoms with Crippen LogP contribution in [0.3, 0.4) is 0 Å². The summed E-state index contributed by atoms with van der Waals surface area (Å²) in [6, 6.07) is 0.806. The molecule has 1 unspecified atom stereocenters. The van der Waals surface area contributed by atoms with E-state index >= 15 is 0 Å². The molecule has 2 rings (SSSR count). The average molecular weight is 226 g/mol. The van der Waals surface area contributed by atoms with Crippen molar-refractivity contribution in [2.45, 2.75) is 51.2 Å². The van der Waals surface area contributed by atoms with Crippen molar-refractivity contribution in [3.8, 4) is 0 Å². The molecular weight excluding hydrogens is 200 g/mol. The van der Waals surface area contributed by atoms with Gasteiger partial charge in [-0.1, -0.05) is 12.8 Å². The smallest absolute Gasteiger partial charge is 0.0673 e. The lowest BCUT2D eigenvalue weighted by atomic mass is 10.2. The minimum absolute atomic E-state index is 0.411. The summed E-state index contributed by atoms with van der Waals surface area (Å²) in [4.78, 5) is 2.54. The summed E-state index contributed by atoms with van der Waals surface area (Å²) in [5.41, 5.74) is 0. The molecule has 1 aliphatic heterocycles. The molecule has 1 saturated heterocycles. The molecule has 1 atom stereocenters. The molecule has 1 N–H and O–H groups in total. The molecule has 3 heteroatoms. The Hall–Kier alpha value is -0.120. The number of rotatable bonds is 4. The van der Waals surface area contributed by atoms with Gasteiger partial charge < -0.3 is 10.1 Å². The van der Waals surface area contributed by atoms with E-state index in [1.54, 1.807) is 0 Å². The molecule has 0 aromatic rings. The number of nitrogens with zero attached hydrogens (tertiary/aromatic N) is 1. The van der Waals surface area contributed by atoms with Gasteiger partial charge in [-0.15, -0.1) is 0 Å². The summed E-state index contributed by atoms with van der Waals surface area (Å²) in [5, 5.41) is 3.68. The Balaban J connectivity index is 1.60. The van der Waals surface area contributed by atoms with Crippen LogP contribution < -0.4 is 5.32 Å². The first-order valence-electron chi connectivity index (χ1n) is 6.92. The fraction of sp³-hybridized carbons (Fsp3) is 1.00. The molecular formula is C13H26N2O. The molecule has 16 heavy (non-hydrogen) atoms. The first-order chi connectivity index (χ1) is 7.84. The topological polar surface area (TPSA) is 24.5 Å². The van der Waals surface area contributed by atoms with Crippen LogP contribution in [0, 0.1) is 0 Å². The fourth-order valence-electron chi connectivity index (χ4n) is 2.84. The van der Waals surface area contributed by atoms with Crippen molar-refractivity contribution >= 4 is 0 Å². The van der Waals surface area contributed by atoms with Gasteiger partial charge in [-0.25, -0.2) is 0 Å². The molecule has 2 fully saturated rings. The lowest BCUT2D eigenvalue weighted by molar-refractivity contribution is 0.0678. The standard InChI is InChI=1S/C13H26N2O/c1-12-11-15(8-4-10-16-12)9-7-14-13-5-2-3-6-13/h12-14H,2-11H2,1H3. The van der Waals surface area contributed by atoms with E-state index in [0.717, 1.165) is 25.7 Å². The van der Waals surface area contributed by atoms with E-state index in [-0.39, 0.29) is 0 Å². The Bertz CT molecular complexity index is 192. The molecule has 0 amide bonds. The first-order valence-corrected chi connectivity index (χ1v) is 6.92. The van der Waals surface area contributed by atoms with Gasteiger partial charge in [0.25, 0.3) is 0 Å². The van der Waals surface area contributed by atoms with Gasteiger partial charge in [-0.2, -0.15) is 0 Å². The molecule has 0 aromatic carbocycles. The number of nitrogens with one attached hydrogen (secondary N) is 1. The monoisotopic (exact) mass is 226 g/mol. The van der Waals surface area contributed by atoms with Crippen LogP contribution in [0.15, 0.2) is 0 Å². The maximum Gasteiger partial charge on any atom is 0.0673 e. The van der Waals surface area contributed by atoms with Gasteiger partial charge in [0, 0.05) is 38.8 Å². The number of hydrogen-bond acceptors (Lipinski definition) is 3. The van der Waals surface area contributed by atoms with E-state index < -0.39 is 0 Å². The summed E-state index contributed by atoms with van der Waals surface area (Å²) in [5.74, 6) is 0. The van der Waals surface area contributed by atoms with Crippen molar-refractivity contribution < 1.29 is 4.74 Å². The van der Waals surface area contributed by atoms with Gasteiger partial charge in [0.1, 0.15) is 0 Å². The summed E-state index contributed by atoms with van der Waals surface area (Å²) >= 11 is 0. The van der Waals surface area contributed by atoms with Crippen LogP contribution in [0.5, 0.6) is 0 Å². The maximum absolute atomic E-state index is 5.65. The Morgan fingerprint density at radius 3 is 2.88 bits per heavy atom. The van der Waals surface area contributed by atoms with Crippen LogP contribution in [0.1, 0.15) is 39.0 Å². The van der Waals surface area contributed by atoms with E-state index in [1.165, 1.54) is 45.2 Å². The maximum atomic E-state index is 5.65. The van der Waals surface area contributed by atoms with Crippen molar-refractivity contribution in [2.75, 3.05) is 32.8 Å². The number of ether oxygens (including phenoxy) is 1. The summed E-state index contributed by atoms with van der Waals surface area (Å²) < 4.78 is 5.65. The van der Waals surface area contributed by atoms with E-state index in [1.807, 2.05) is 0 Å². The largest absolute Gasteiger partial charge is 0.377 e. The highest BCUT2D eigenvalue weighted by molar-refractivity contribution is 4.75. The van der Waals surface area contributed by atoms with Crippen LogP contribution in [-0.2, 0) is 4.74 Å². The van der Waals surface area contributed by atoms with Gasteiger partial charge >= 0.3 is 0 Å². The summed E-state index contributed by atoms with van der Waals surface area (Å²) in [6.07, 6.45) is 7.22. The van der Waals surface area contributed by atoms with Gasteiger partial charge in [0.05, 0.1) is 6.10 Å². The van der Waals surface area contributed by atoms with Gasteiger partial charge in [0.15, 0.2) is 0 Å². The number of hydrogen-bond donors (Lipinski definition) is 1. The molecule has 0 bridgehead atoms. The van der Waals surface area contributed by atoms with E-state index in [4.69, 9.17) is 4.74 Å². The first kappa shape index (κ1) is 12.3. The highest BCUT2D eigenvalue weighted by atomic mass is 16.5. The second kappa shape index (κ2) is 6.58. The van der Waals surface area contributed by atoms with Crippen LogP contribution in [0.2, 0.25) is 0 Å². The predicted molar refractivity (Wildman–Crippen MR) is 66.7 cm³/mol. The average Bonchev–Trinajstić information content (AvgIpc) is 2.69. The molecule has 3 nitrogen and oxygen atoms in total. The van der Waals surface area contributed by atoms with E-state index in [9.17, 15) is 0 Å². The SMILES string of the molecule is CC1CN(CCNC2CCCC2)CCCO1. The van der Waals surface area contributed by atoms with Crippen molar-refractivity contribution in [1.29, 1.82) is 0 Å². The molecule has 0 radical (unpaired) electrons. The molecule has 94 valence electrons. The Morgan fingerprint density at radius 1 is 1.25 bits per heavy atom. The van der Waals surface area contributed by atoms with Crippen LogP contribution >= 0.6 is 0 Å². The normalized spacial score (nSPS) is 29.4. The van der Waals surface area contributed by atoms with Crippen molar-refractivity contribution in [3.63, 3.8) is 0 Å². The lowest BCUT2D eigenvalue weighted by Crippen LogP contribution is -2.38. The third kappa shape index (κ3) is 4.04. The minimum atomic E-state index is 0.411. The third-order valence-corrected chi connectivity index (χ3v) is 3.75. The second-order valence-electron chi connectivity index (χ2n) is 5.27. The zero-order valence-electron chi connectivity index (χ0n) is 10.6. The Morgan fingerprint density at radius 2 is 2.06 bits per heavy atom. The quantitative estimate of drug-likeness (QED) is 0.788. The minimum Gasteiger partial charge on any atom is -0.377 e. The Labute approximate surface area is 99.5 Å². The van der Waals surface area contributed by atoms with Gasteiger partial charge in [0.2, 0.25) is 0 Å². The molecule has 0 aromatic heterocycles. The van der Waals surface area contributed by atoms with Crippen LogP contribution in [-0.4, -0.2) is 49.8 Å². The van der Waals surface area contributed by atoms with Crippen molar-refractivity contribution in [1.82, 2.24) is 10.2 Å². The highest BCUT2D eigenvalue weighted by Gasteiger charge is 2.16. The van der Waals surface area contributed by atoms with Crippen molar-refractivity contribution in [3.05, 3.63) is 0 Å². The molecule has 1 saturated carbocycles. The highest BCUT2D eigenvalue weighted by Crippen LogP contribution is 2.17. The predicted octanol–water partition coefficient (Wildman–Crippen LogP) is 1.63. The lowest BCUT2D eigenvalue weighted by Gasteiger charge is -2.22. The fourth-order valence-corrected chi connectivity index (χ4v) is 2.84. The zero-order chi connectivity index (χ0) is 11.2. The summed E-state index contributed by atoms with van der Waals surface area (Å²) in [6.45, 7) is 7.76. The van der Waals surface area contributed by atoms with Crippen LogP contribution in [0.25, 0.3) is 0 Å². The molecule has 1 heterocycles. The van der Waals surface area contributed by atoms with E-state index in [2.05, 4.69) is 17.1 Å². The van der Waals surface area contributed by atoms with Gasteiger partial charge in [-0.3, -0.25) is 4.90 Å². The van der Waals surface area contributed by atoms with Gasteiger partial charge in [-0.05, 0) is 26.2 Å². The third-order valence-electron chi connectivity index (χ3n) is 3.75. The van der Waals surface area contributed by atoms with E-state index in [0.29, 0.717) is 6.10 Å². The summed E-state index contributed by atoms with van der Waals surface area (Å²) in [7, 11) is 0. The Kier molecular flexibility index (Phi) is 5.07. The second-order valence-corrected chi connectivity index (χ2v) is 5.27. The zero-order valence-corrected chi connectivity index (χ0v) is 10.6. The molecule has 2 aliphatic rings. The van der Waals surface area contributed by atoms with Crippen LogP contribution in [0.4, 0.5) is 0 Å². The van der Waals surface area contributed by atoms with Crippen molar-refractivity contribution in [2.24, 2.45) is 0 Å².